The number of quaternary nitrogens is 1. The molecule has 4 heteroatoms. The fraction of sp³-hybridized carbons (Fsp3) is 0.294. The van der Waals surface area contributed by atoms with Gasteiger partial charge < -0.3 is 19.9 Å². The van der Waals surface area contributed by atoms with Crippen LogP contribution in [-0.4, -0.2) is 30.9 Å². The lowest BCUT2D eigenvalue weighted by Gasteiger charge is -2.25. The van der Waals surface area contributed by atoms with E-state index in [1.807, 2.05) is 54.6 Å². The Kier molecular flexibility index (Phi) is 4.38. The lowest BCUT2D eigenvalue weighted by molar-refractivity contribution is -0.667. The second-order valence-electron chi connectivity index (χ2n) is 5.18. The maximum absolute atomic E-state index is 10.1. The highest BCUT2D eigenvalue weighted by Crippen LogP contribution is 2.30. The van der Waals surface area contributed by atoms with Crippen molar-refractivity contribution in [3.05, 3.63) is 60.2 Å². The van der Waals surface area contributed by atoms with Crippen LogP contribution >= 0.6 is 0 Å². The summed E-state index contributed by atoms with van der Waals surface area (Å²) < 4.78 is 11.6. The predicted molar refractivity (Wildman–Crippen MR) is 79.4 cm³/mol. The van der Waals surface area contributed by atoms with Crippen LogP contribution in [0.5, 0.6) is 11.5 Å². The molecule has 1 aliphatic rings. The van der Waals surface area contributed by atoms with Crippen molar-refractivity contribution in [1.82, 2.24) is 0 Å². The number of hydrogen-bond acceptors (Lipinski definition) is 3. The van der Waals surface area contributed by atoms with Gasteiger partial charge in [0.15, 0.2) is 17.6 Å². The smallest absolute Gasteiger partial charge is 0.181 e. The van der Waals surface area contributed by atoms with Crippen molar-refractivity contribution in [3.63, 3.8) is 0 Å². The Morgan fingerprint density at radius 2 is 1.76 bits per heavy atom. The van der Waals surface area contributed by atoms with E-state index < -0.39 is 6.10 Å². The van der Waals surface area contributed by atoms with Crippen molar-refractivity contribution >= 4 is 0 Å². The van der Waals surface area contributed by atoms with Crippen molar-refractivity contribution in [1.29, 1.82) is 0 Å². The number of aliphatic hydroxyl groups excluding tert-OH is 1. The highest BCUT2D eigenvalue weighted by Gasteiger charge is 2.22. The molecule has 0 aromatic heterocycles. The summed E-state index contributed by atoms with van der Waals surface area (Å²) in [7, 11) is 0. The minimum Gasteiger partial charge on any atom is -0.486 e. The van der Waals surface area contributed by atoms with E-state index in [-0.39, 0.29) is 6.10 Å². The number of rotatable bonds is 5. The molecule has 110 valence electrons. The van der Waals surface area contributed by atoms with Crippen molar-refractivity contribution in [2.75, 3.05) is 19.7 Å². The maximum Gasteiger partial charge on any atom is 0.181 e. The van der Waals surface area contributed by atoms with Crippen LogP contribution in [0.2, 0.25) is 0 Å². The number of para-hydroxylation sites is 2. The number of hydrogen-bond donors (Lipinski definition) is 2. The van der Waals surface area contributed by atoms with E-state index in [2.05, 4.69) is 5.32 Å². The SMILES string of the molecule is O[C@H](C[NH2+]C[C@@H]1COc2ccccc2O1)c1ccccc1. The zero-order chi connectivity index (χ0) is 14.5. The van der Waals surface area contributed by atoms with Crippen molar-refractivity contribution in [2.45, 2.75) is 12.2 Å². The van der Waals surface area contributed by atoms with Crippen LogP contribution in [0.1, 0.15) is 11.7 Å². The van der Waals surface area contributed by atoms with Gasteiger partial charge in [0.05, 0.1) is 0 Å². The monoisotopic (exact) mass is 286 g/mol. The molecular formula is C17H20NO3+. The summed E-state index contributed by atoms with van der Waals surface area (Å²) >= 11 is 0. The van der Waals surface area contributed by atoms with Gasteiger partial charge in [-0.05, 0) is 17.7 Å². The molecule has 0 bridgehead atoms. The number of benzene rings is 2. The van der Waals surface area contributed by atoms with Gasteiger partial charge in [0.2, 0.25) is 0 Å². The van der Waals surface area contributed by atoms with Gasteiger partial charge >= 0.3 is 0 Å². The average Bonchev–Trinajstić information content (AvgIpc) is 2.55. The summed E-state index contributed by atoms with van der Waals surface area (Å²) in [6.07, 6.45) is -0.439. The molecule has 1 aliphatic heterocycles. The third-order valence-electron chi connectivity index (χ3n) is 3.57. The fourth-order valence-electron chi connectivity index (χ4n) is 2.43. The summed E-state index contributed by atoms with van der Waals surface area (Å²) in [6, 6.07) is 17.4. The van der Waals surface area contributed by atoms with E-state index in [9.17, 15) is 5.11 Å². The standard InChI is InChI=1S/C17H19NO3/c19-15(13-6-2-1-3-7-13)11-18-10-14-12-20-16-8-4-5-9-17(16)21-14/h1-9,14-15,18-19H,10-12H2/p+1/t14-,15-/m1/s1. The van der Waals surface area contributed by atoms with E-state index in [1.165, 1.54) is 0 Å². The zero-order valence-corrected chi connectivity index (χ0v) is 11.8. The summed E-state index contributed by atoms with van der Waals surface area (Å²) in [5, 5.41) is 12.2. The summed E-state index contributed by atoms with van der Waals surface area (Å²) in [4.78, 5) is 0. The molecule has 2 aromatic carbocycles. The molecule has 0 radical (unpaired) electrons. The first-order chi connectivity index (χ1) is 10.3. The largest absolute Gasteiger partial charge is 0.486 e. The van der Waals surface area contributed by atoms with Crippen LogP contribution < -0.4 is 14.8 Å². The first kappa shape index (κ1) is 13.9. The van der Waals surface area contributed by atoms with Gasteiger partial charge in [0.25, 0.3) is 0 Å². The van der Waals surface area contributed by atoms with Gasteiger partial charge in [-0.2, -0.15) is 0 Å². The Bertz CT molecular complexity index is 573. The molecule has 1 heterocycles. The Hall–Kier alpha value is -2.04. The Labute approximate surface area is 124 Å². The lowest BCUT2D eigenvalue weighted by atomic mass is 10.1. The van der Waals surface area contributed by atoms with Gasteiger partial charge in [0, 0.05) is 0 Å². The highest BCUT2D eigenvalue weighted by atomic mass is 16.6. The van der Waals surface area contributed by atoms with Gasteiger partial charge in [-0.25, -0.2) is 0 Å². The van der Waals surface area contributed by atoms with Gasteiger partial charge in [-0.15, -0.1) is 0 Å². The van der Waals surface area contributed by atoms with Crippen LogP contribution in [0.15, 0.2) is 54.6 Å². The van der Waals surface area contributed by atoms with E-state index in [0.29, 0.717) is 13.2 Å². The molecule has 4 nitrogen and oxygen atoms in total. The normalized spacial score (nSPS) is 18.2. The second kappa shape index (κ2) is 6.61. The van der Waals surface area contributed by atoms with E-state index >= 15 is 0 Å². The highest BCUT2D eigenvalue weighted by molar-refractivity contribution is 5.40. The minimum atomic E-state index is -0.456. The second-order valence-corrected chi connectivity index (χ2v) is 5.18. The van der Waals surface area contributed by atoms with Gasteiger partial charge in [-0.3, -0.25) is 0 Å². The van der Waals surface area contributed by atoms with E-state index in [4.69, 9.17) is 9.47 Å². The molecule has 3 rings (SSSR count). The van der Waals surface area contributed by atoms with Crippen molar-refractivity contribution in [2.24, 2.45) is 0 Å². The van der Waals surface area contributed by atoms with Crippen LogP contribution in [0.3, 0.4) is 0 Å². The molecule has 2 atom stereocenters. The quantitative estimate of drug-likeness (QED) is 0.866. The minimum absolute atomic E-state index is 0.0165. The van der Waals surface area contributed by atoms with Crippen LogP contribution in [0.4, 0.5) is 0 Å². The van der Waals surface area contributed by atoms with E-state index in [0.717, 1.165) is 23.6 Å². The zero-order valence-electron chi connectivity index (χ0n) is 11.8. The van der Waals surface area contributed by atoms with Crippen molar-refractivity contribution in [3.8, 4) is 11.5 Å². The molecule has 0 unspecified atom stereocenters. The molecule has 0 spiro atoms. The van der Waals surface area contributed by atoms with Crippen LogP contribution in [-0.2, 0) is 0 Å². The van der Waals surface area contributed by atoms with Gasteiger partial charge in [-0.1, -0.05) is 42.5 Å². The molecule has 21 heavy (non-hydrogen) atoms. The third-order valence-corrected chi connectivity index (χ3v) is 3.57. The molecular weight excluding hydrogens is 266 g/mol. The molecule has 2 aromatic rings. The summed E-state index contributed by atoms with van der Waals surface area (Å²) in [6.45, 7) is 1.93. The van der Waals surface area contributed by atoms with Gasteiger partial charge in [0.1, 0.15) is 25.8 Å². The maximum atomic E-state index is 10.1. The lowest BCUT2D eigenvalue weighted by Crippen LogP contribution is -2.88. The number of ether oxygens (including phenoxy) is 2. The Morgan fingerprint density at radius 3 is 2.57 bits per heavy atom. The topological polar surface area (TPSA) is 55.3 Å². The molecule has 0 aliphatic carbocycles. The average molecular weight is 286 g/mol. The molecule has 0 saturated carbocycles. The number of aliphatic hydroxyl groups is 1. The molecule has 0 fully saturated rings. The summed E-state index contributed by atoms with van der Waals surface area (Å²) in [5.74, 6) is 1.60. The fourth-order valence-corrected chi connectivity index (χ4v) is 2.43. The predicted octanol–water partition coefficient (Wildman–Crippen LogP) is 1.12. The molecule has 0 saturated heterocycles. The summed E-state index contributed by atoms with van der Waals surface area (Å²) in [5.41, 5.74) is 0.944. The van der Waals surface area contributed by atoms with Crippen molar-refractivity contribution < 1.29 is 19.9 Å². The Balaban J connectivity index is 1.47. The Morgan fingerprint density at radius 1 is 1.05 bits per heavy atom. The first-order valence-electron chi connectivity index (χ1n) is 7.26. The van der Waals surface area contributed by atoms with Crippen LogP contribution in [0, 0.1) is 0 Å². The van der Waals surface area contributed by atoms with Crippen LogP contribution in [0.25, 0.3) is 0 Å². The third kappa shape index (κ3) is 3.54. The van der Waals surface area contributed by atoms with E-state index in [1.54, 1.807) is 0 Å². The molecule has 3 N–H and O–H groups in total. The first-order valence-corrected chi connectivity index (χ1v) is 7.26. The number of fused-ring (bicyclic) bond motifs is 1. The molecule has 0 amide bonds. The number of nitrogens with two attached hydrogens (primary N) is 1.